The lowest BCUT2D eigenvalue weighted by molar-refractivity contribution is -0.146. The van der Waals surface area contributed by atoms with Crippen molar-refractivity contribution < 1.29 is 19.1 Å². The molecule has 0 bridgehead atoms. The van der Waals surface area contributed by atoms with E-state index in [4.69, 9.17) is 9.47 Å². The molecule has 1 aliphatic heterocycles. The number of carbonyl (C=O) groups excluding carboxylic acids is 2. The summed E-state index contributed by atoms with van der Waals surface area (Å²) in [6.45, 7) is 1.94. The highest BCUT2D eigenvalue weighted by atomic mass is 16.6. The number of hydrogen-bond donors (Lipinski definition) is 0. The molecule has 26 heavy (non-hydrogen) atoms. The molecule has 0 N–H and O–H groups in total. The summed E-state index contributed by atoms with van der Waals surface area (Å²) in [6, 6.07) is 16.7. The minimum atomic E-state index is -0.358. The Kier molecular flexibility index (Phi) is 5.69. The van der Waals surface area contributed by atoms with Crippen molar-refractivity contribution in [3.8, 4) is 5.75 Å². The van der Waals surface area contributed by atoms with Gasteiger partial charge in [0, 0.05) is 13.1 Å². The molecule has 2 aromatic carbocycles. The van der Waals surface area contributed by atoms with Gasteiger partial charge >= 0.3 is 5.97 Å². The monoisotopic (exact) mass is 351 g/mol. The summed E-state index contributed by atoms with van der Waals surface area (Å²) in [7, 11) is 0. The first-order chi connectivity index (χ1) is 12.6. The third-order valence-corrected chi connectivity index (χ3v) is 4.19. The zero-order chi connectivity index (χ0) is 18.4. The van der Waals surface area contributed by atoms with Crippen LogP contribution in [0.3, 0.4) is 0 Å². The van der Waals surface area contributed by atoms with Crippen LogP contribution in [0.2, 0.25) is 0 Å². The molecular weight excluding hydrogens is 330 g/mol. The predicted molar refractivity (Wildman–Crippen MR) is 98.3 cm³/mol. The van der Waals surface area contributed by atoms with Gasteiger partial charge in [0.1, 0.15) is 19.0 Å². The second kappa shape index (κ2) is 8.34. The van der Waals surface area contributed by atoms with Crippen molar-refractivity contribution in [2.75, 3.05) is 13.2 Å². The molecule has 1 heterocycles. The van der Waals surface area contributed by atoms with Crippen LogP contribution < -0.4 is 4.74 Å². The molecule has 0 spiro atoms. The second-order valence-corrected chi connectivity index (χ2v) is 5.97. The lowest BCUT2D eigenvalue weighted by Gasteiger charge is -2.32. The summed E-state index contributed by atoms with van der Waals surface area (Å²) >= 11 is 0. The molecule has 3 rings (SSSR count). The average molecular weight is 351 g/mol. The number of fused-ring (bicyclic) bond motifs is 1. The summed E-state index contributed by atoms with van der Waals surface area (Å²) in [4.78, 5) is 25.8. The molecular formula is C21H21NO4. The first kappa shape index (κ1) is 17.7. The number of nitrogens with zero attached hydrogens (tertiary/aromatic N) is 1. The van der Waals surface area contributed by atoms with E-state index < -0.39 is 0 Å². The number of amides is 1. The number of carbonyl (C=O) groups is 2. The molecule has 0 radical (unpaired) electrons. The van der Waals surface area contributed by atoms with Crippen molar-refractivity contribution in [1.82, 2.24) is 4.90 Å². The van der Waals surface area contributed by atoms with Gasteiger partial charge in [-0.3, -0.25) is 9.59 Å². The van der Waals surface area contributed by atoms with Gasteiger partial charge in [-0.1, -0.05) is 42.5 Å². The van der Waals surface area contributed by atoms with E-state index in [0.29, 0.717) is 0 Å². The van der Waals surface area contributed by atoms with Crippen molar-refractivity contribution in [2.24, 2.45) is 0 Å². The second-order valence-electron chi connectivity index (χ2n) is 5.97. The van der Waals surface area contributed by atoms with Gasteiger partial charge in [0.05, 0.1) is 12.5 Å². The van der Waals surface area contributed by atoms with Gasteiger partial charge in [-0.15, -0.1) is 0 Å². The number of rotatable bonds is 6. The van der Waals surface area contributed by atoms with Crippen LogP contribution in [0.5, 0.6) is 5.75 Å². The maximum absolute atomic E-state index is 12.3. The predicted octanol–water partition coefficient (Wildman–Crippen LogP) is 3.57. The minimum absolute atomic E-state index is 0.103. The van der Waals surface area contributed by atoms with Crippen LogP contribution in [0.15, 0.2) is 60.8 Å². The van der Waals surface area contributed by atoms with E-state index in [2.05, 4.69) is 0 Å². The van der Waals surface area contributed by atoms with E-state index in [1.807, 2.05) is 60.7 Å². The Morgan fingerprint density at radius 3 is 2.50 bits per heavy atom. The molecule has 0 aromatic heterocycles. The summed E-state index contributed by atoms with van der Waals surface area (Å²) < 4.78 is 10.8. The molecule has 0 fully saturated rings. The fourth-order valence-electron chi connectivity index (χ4n) is 2.96. The van der Waals surface area contributed by atoms with Crippen LogP contribution in [0.1, 0.15) is 30.5 Å². The van der Waals surface area contributed by atoms with Crippen molar-refractivity contribution in [3.63, 3.8) is 0 Å². The Bertz CT molecular complexity index is 801. The van der Waals surface area contributed by atoms with Crippen LogP contribution in [-0.2, 0) is 14.3 Å². The number of benzene rings is 2. The highest BCUT2D eigenvalue weighted by Gasteiger charge is 2.28. The molecule has 1 atom stereocenters. The van der Waals surface area contributed by atoms with Gasteiger partial charge in [0.25, 0.3) is 0 Å². The van der Waals surface area contributed by atoms with Crippen LogP contribution >= 0.6 is 0 Å². The summed E-state index contributed by atoms with van der Waals surface area (Å²) in [5.41, 5.74) is 1.96. The molecule has 0 unspecified atom stereocenters. The Hall–Kier alpha value is -3.08. The lowest BCUT2D eigenvalue weighted by Crippen LogP contribution is -2.32. The SMILES string of the molecule is CC(=O)N1C=Cc2ccccc2[C@H]1CC(=O)OCCOc1ccccc1. The van der Waals surface area contributed by atoms with Crippen LogP contribution in [-0.4, -0.2) is 30.0 Å². The number of ether oxygens (including phenoxy) is 2. The Morgan fingerprint density at radius 2 is 1.73 bits per heavy atom. The number of esters is 1. The quantitative estimate of drug-likeness (QED) is 0.590. The van der Waals surface area contributed by atoms with Gasteiger partial charge in [-0.05, 0) is 29.3 Å². The first-order valence-electron chi connectivity index (χ1n) is 8.54. The van der Waals surface area contributed by atoms with Gasteiger partial charge < -0.3 is 14.4 Å². The van der Waals surface area contributed by atoms with E-state index in [1.54, 1.807) is 11.1 Å². The van der Waals surface area contributed by atoms with E-state index in [1.165, 1.54) is 6.92 Å². The summed E-state index contributed by atoms with van der Waals surface area (Å²) in [5.74, 6) is 0.265. The Balaban J connectivity index is 1.56. The molecule has 0 saturated carbocycles. The number of para-hydroxylation sites is 1. The molecule has 2 aromatic rings. The first-order valence-corrected chi connectivity index (χ1v) is 8.54. The van der Waals surface area contributed by atoms with E-state index in [-0.39, 0.29) is 37.6 Å². The molecule has 0 aliphatic carbocycles. The highest BCUT2D eigenvalue weighted by Crippen LogP contribution is 2.33. The zero-order valence-corrected chi connectivity index (χ0v) is 14.6. The lowest BCUT2D eigenvalue weighted by atomic mass is 9.94. The minimum Gasteiger partial charge on any atom is -0.490 e. The van der Waals surface area contributed by atoms with Gasteiger partial charge in [0.2, 0.25) is 5.91 Å². The standard InChI is InChI=1S/C21H21NO4/c1-16(23)22-12-11-17-7-5-6-10-19(17)20(22)15-21(24)26-14-13-25-18-8-3-2-4-9-18/h2-12,20H,13-15H2,1H3/t20-/m1/s1. The zero-order valence-electron chi connectivity index (χ0n) is 14.6. The fraction of sp³-hybridized carbons (Fsp3) is 0.238. The normalized spacial score (nSPS) is 15.3. The van der Waals surface area contributed by atoms with Crippen LogP contribution in [0.25, 0.3) is 6.08 Å². The molecule has 134 valence electrons. The Morgan fingerprint density at radius 1 is 1.00 bits per heavy atom. The molecule has 5 heteroatoms. The smallest absolute Gasteiger partial charge is 0.308 e. The topological polar surface area (TPSA) is 55.8 Å². The van der Waals surface area contributed by atoms with Gasteiger partial charge in [0.15, 0.2) is 0 Å². The maximum Gasteiger partial charge on any atom is 0.308 e. The largest absolute Gasteiger partial charge is 0.490 e. The van der Waals surface area contributed by atoms with Crippen molar-refractivity contribution in [3.05, 3.63) is 71.9 Å². The van der Waals surface area contributed by atoms with E-state index in [0.717, 1.165) is 16.9 Å². The van der Waals surface area contributed by atoms with Crippen LogP contribution in [0, 0.1) is 0 Å². The summed E-state index contributed by atoms with van der Waals surface area (Å²) in [6.07, 6.45) is 3.71. The summed E-state index contributed by atoms with van der Waals surface area (Å²) in [5, 5.41) is 0. The molecule has 5 nitrogen and oxygen atoms in total. The van der Waals surface area contributed by atoms with Crippen molar-refractivity contribution >= 4 is 18.0 Å². The van der Waals surface area contributed by atoms with Crippen molar-refractivity contribution in [1.29, 1.82) is 0 Å². The molecule has 1 amide bonds. The van der Waals surface area contributed by atoms with Gasteiger partial charge in [-0.25, -0.2) is 0 Å². The van der Waals surface area contributed by atoms with E-state index in [9.17, 15) is 9.59 Å². The average Bonchev–Trinajstić information content (AvgIpc) is 2.66. The fourth-order valence-corrected chi connectivity index (χ4v) is 2.96. The number of hydrogen-bond acceptors (Lipinski definition) is 4. The third kappa shape index (κ3) is 4.30. The molecule has 1 aliphatic rings. The van der Waals surface area contributed by atoms with E-state index >= 15 is 0 Å². The Labute approximate surface area is 152 Å². The highest BCUT2D eigenvalue weighted by molar-refractivity contribution is 5.80. The molecule has 0 saturated heterocycles. The van der Waals surface area contributed by atoms with Gasteiger partial charge in [-0.2, -0.15) is 0 Å². The maximum atomic E-state index is 12.3. The third-order valence-electron chi connectivity index (χ3n) is 4.19. The van der Waals surface area contributed by atoms with Crippen molar-refractivity contribution in [2.45, 2.75) is 19.4 Å². The van der Waals surface area contributed by atoms with Crippen LogP contribution in [0.4, 0.5) is 0 Å².